The Labute approximate surface area is 119 Å². The molecule has 3 aromatic rings. The van der Waals surface area contributed by atoms with E-state index in [-0.39, 0.29) is 17.9 Å². The van der Waals surface area contributed by atoms with Crippen LogP contribution >= 0.6 is 0 Å². The summed E-state index contributed by atoms with van der Waals surface area (Å²) in [6, 6.07) is 11.2. The predicted octanol–water partition coefficient (Wildman–Crippen LogP) is 3.58. The van der Waals surface area contributed by atoms with E-state index in [0.29, 0.717) is 5.52 Å². The molecule has 2 N–H and O–H groups in total. The molecule has 3 rings (SSSR count). The lowest BCUT2D eigenvalue weighted by Crippen LogP contribution is -1.98. The van der Waals surface area contributed by atoms with Crippen molar-refractivity contribution < 1.29 is 19.0 Å². The Morgan fingerprint density at radius 2 is 2.00 bits per heavy atom. The number of nitrogens with one attached hydrogen (secondary N) is 1. The lowest BCUT2D eigenvalue weighted by molar-refractivity contribution is 0.0699. The quantitative estimate of drug-likeness (QED) is 0.770. The van der Waals surface area contributed by atoms with E-state index in [0.717, 1.165) is 10.9 Å². The van der Waals surface area contributed by atoms with E-state index in [9.17, 15) is 9.18 Å². The molecule has 0 amide bonds. The van der Waals surface area contributed by atoms with Gasteiger partial charge in [-0.1, -0.05) is 24.3 Å². The van der Waals surface area contributed by atoms with Gasteiger partial charge in [-0.3, -0.25) is 0 Å². The lowest BCUT2D eigenvalue weighted by atomic mass is 10.1. The van der Waals surface area contributed by atoms with Crippen LogP contribution < -0.4 is 4.74 Å². The number of hydrogen-bond donors (Lipinski definition) is 2. The van der Waals surface area contributed by atoms with Gasteiger partial charge >= 0.3 is 5.97 Å². The van der Waals surface area contributed by atoms with Gasteiger partial charge in [0.05, 0.1) is 11.1 Å². The largest absolute Gasteiger partial charge is 0.486 e. The molecular formula is C16H12FNO3. The Morgan fingerprint density at radius 3 is 2.76 bits per heavy atom. The second-order valence-electron chi connectivity index (χ2n) is 4.57. The van der Waals surface area contributed by atoms with E-state index in [1.165, 1.54) is 12.1 Å². The van der Waals surface area contributed by atoms with Crippen LogP contribution in [-0.4, -0.2) is 16.1 Å². The van der Waals surface area contributed by atoms with Crippen LogP contribution in [0.15, 0.2) is 48.7 Å². The van der Waals surface area contributed by atoms with Gasteiger partial charge in [-0.2, -0.15) is 0 Å². The average Bonchev–Trinajstić information content (AvgIpc) is 2.89. The highest BCUT2D eigenvalue weighted by Gasteiger charge is 2.12. The molecule has 0 saturated heterocycles. The summed E-state index contributed by atoms with van der Waals surface area (Å²) in [4.78, 5) is 14.1. The number of carbonyl (C=O) groups is 1. The molecule has 5 heteroatoms. The smallest absolute Gasteiger partial charge is 0.337 e. The third-order valence-corrected chi connectivity index (χ3v) is 3.25. The van der Waals surface area contributed by atoms with Gasteiger partial charge in [0.25, 0.3) is 0 Å². The Morgan fingerprint density at radius 1 is 1.19 bits per heavy atom. The number of ether oxygens (including phenoxy) is 1. The number of halogens is 1. The molecule has 0 spiro atoms. The minimum atomic E-state index is -0.996. The lowest BCUT2D eigenvalue weighted by Gasteiger charge is -2.06. The van der Waals surface area contributed by atoms with Gasteiger partial charge in [-0.15, -0.1) is 0 Å². The van der Waals surface area contributed by atoms with Gasteiger partial charge in [-0.25, -0.2) is 9.18 Å². The Hall–Kier alpha value is -2.82. The van der Waals surface area contributed by atoms with Crippen molar-refractivity contribution >= 4 is 16.9 Å². The molecule has 1 heterocycles. The Balaban J connectivity index is 1.90. The number of hydrogen-bond acceptors (Lipinski definition) is 2. The van der Waals surface area contributed by atoms with Crippen molar-refractivity contribution in [1.29, 1.82) is 0 Å². The summed E-state index contributed by atoms with van der Waals surface area (Å²) in [5.41, 5.74) is 1.51. The van der Waals surface area contributed by atoms with Gasteiger partial charge in [0, 0.05) is 17.1 Å². The van der Waals surface area contributed by atoms with Gasteiger partial charge in [0.1, 0.15) is 6.61 Å². The maximum atomic E-state index is 13.5. The molecule has 0 aliphatic carbocycles. The van der Waals surface area contributed by atoms with Crippen LogP contribution in [0.25, 0.3) is 10.9 Å². The first-order valence-electron chi connectivity index (χ1n) is 6.36. The number of carboxylic acid groups (broad SMARTS) is 1. The molecule has 0 aliphatic rings. The number of aromatic amines is 1. The number of carboxylic acids is 1. The number of para-hydroxylation sites is 2. The molecular weight excluding hydrogens is 273 g/mol. The number of fused-ring (bicyclic) bond motifs is 1. The van der Waals surface area contributed by atoms with E-state index < -0.39 is 11.8 Å². The van der Waals surface area contributed by atoms with Gasteiger partial charge in [0.15, 0.2) is 11.6 Å². The summed E-state index contributed by atoms with van der Waals surface area (Å²) in [5.74, 6) is -1.26. The molecule has 0 bridgehead atoms. The molecule has 2 aromatic carbocycles. The molecule has 21 heavy (non-hydrogen) atoms. The zero-order valence-electron chi connectivity index (χ0n) is 11.0. The van der Waals surface area contributed by atoms with Gasteiger partial charge in [0.2, 0.25) is 0 Å². The third-order valence-electron chi connectivity index (χ3n) is 3.25. The van der Waals surface area contributed by atoms with E-state index in [4.69, 9.17) is 9.84 Å². The molecule has 0 atom stereocenters. The van der Waals surface area contributed by atoms with E-state index in [2.05, 4.69) is 4.98 Å². The number of rotatable bonds is 4. The summed E-state index contributed by atoms with van der Waals surface area (Å²) in [7, 11) is 0. The molecule has 0 aliphatic heterocycles. The number of H-pyrrole nitrogens is 1. The van der Waals surface area contributed by atoms with Crippen LogP contribution in [0, 0.1) is 5.82 Å². The summed E-state index contributed by atoms with van der Waals surface area (Å²) < 4.78 is 18.9. The maximum absolute atomic E-state index is 13.5. The van der Waals surface area contributed by atoms with Gasteiger partial charge in [-0.05, 0) is 18.2 Å². The van der Waals surface area contributed by atoms with Crippen LogP contribution in [0.3, 0.4) is 0 Å². The normalized spacial score (nSPS) is 10.7. The first-order chi connectivity index (χ1) is 10.2. The summed E-state index contributed by atoms with van der Waals surface area (Å²) >= 11 is 0. The fourth-order valence-electron chi connectivity index (χ4n) is 2.23. The molecule has 106 valence electrons. The van der Waals surface area contributed by atoms with E-state index in [1.807, 2.05) is 0 Å². The summed E-state index contributed by atoms with van der Waals surface area (Å²) in [6.45, 7) is 0.157. The van der Waals surface area contributed by atoms with Crippen molar-refractivity contribution in [1.82, 2.24) is 4.98 Å². The Kier molecular flexibility index (Phi) is 3.31. The van der Waals surface area contributed by atoms with E-state index >= 15 is 0 Å². The van der Waals surface area contributed by atoms with Crippen molar-refractivity contribution in [3.05, 3.63) is 65.6 Å². The standard InChI is InChI=1S/C16H12FNO3/c17-13-6-1-2-7-14(13)21-9-10-8-18-15-11(10)4-3-5-12(15)16(19)20/h1-8,18H,9H2,(H,19,20). The van der Waals surface area contributed by atoms with Crippen molar-refractivity contribution in [2.45, 2.75) is 6.61 Å². The second-order valence-corrected chi connectivity index (χ2v) is 4.57. The number of aromatic carboxylic acids is 1. The first-order valence-corrected chi connectivity index (χ1v) is 6.36. The zero-order chi connectivity index (χ0) is 14.8. The Bertz CT molecular complexity index is 810. The first kappa shape index (κ1) is 13.2. The van der Waals surface area contributed by atoms with Crippen LogP contribution in [0.2, 0.25) is 0 Å². The average molecular weight is 285 g/mol. The topological polar surface area (TPSA) is 62.3 Å². The second kappa shape index (κ2) is 5.28. The van der Waals surface area contributed by atoms with Crippen LogP contribution in [0.1, 0.15) is 15.9 Å². The summed E-state index contributed by atoms with van der Waals surface area (Å²) in [5, 5.41) is 9.89. The molecule has 4 nitrogen and oxygen atoms in total. The fraction of sp³-hybridized carbons (Fsp3) is 0.0625. The van der Waals surface area contributed by atoms with Crippen LogP contribution in [0.4, 0.5) is 4.39 Å². The van der Waals surface area contributed by atoms with Crippen molar-refractivity contribution in [2.75, 3.05) is 0 Å². The van der Waals surface area contributed by atoms with E-state index in [1.54, 1.807) is 36.5 Å². The van der Waals surface area contributed by atoms with Crippen molar-refractivity contribution in [2.24, 2.45) is 0 Å². The minimum absolute atomic E-state index is 0.157. The highest BCUT2D eigenvalue weighted by molar-refractivity contribution is 6.02. The van der Waals surface area contributed by atoms with Crippen molar-refractivity contribution in [3.63, 3.8) is 0 Å². The summed E-state index contributed by atoms with van der Waals surface area (Å²) in [6.07, 6.45) is 1.68. The van der Waals surface area contributed by atoms with Crippen molar-refractivity contribution in [3.8, 4) is 5.75 Å². The van der Waals surface area contributed by atoms with Gasteiger partial charge < -0.3 is 14.8 Å². The fourth-order valence-corrected chi connectivity index (χ4v) is 2.23. The van der Waals surface area contributed by atoms with Crippen LogP contribution in [-0.2, 0) is 6.61 Å². The highest BCUT2D eigenvalue weighted by atomic mass is 19.1. The minimum Gasteiger partial charge on any atom is -0.486 e. The molecule has 0 radical (unpaired) electrons. The third kappa shape index (κ3) is 2.45. The number of aromatic nitrogens is 1. The predicted molar refractivity (Wildman–Crippen MR) is 76.0 cm³/mol. The molecule has 0 unspecified atom stereocenters. The monoisotopic (exact) mass is 285 g/mol. The SMILES string of the molecule is O=C(O)c1cccc2c(COc3ccccc3F)c[nH]c12. The molecule has 1 aromatic heterocycles. The maximum Gasteiger partial charge on any atom is 0.337 e. The highest BCUT2D eigenvalue weighted by Crippen LogP contribution is 2.24. The molecule has 0 fully saturated rings. The number of benzene rings is 2. The zero-order valence-corrected chi connectivity index (χ0v) is 11.0. The molecule has 0 saturated carbocycles. The van der Waals surface area contributed by atoms with Crippen LogP contribution in [0.5, 0.6) is 5.75 Å².